The fourth-order valence-corrected chi connectivity index (χ4v) is 3.88. The van der Waals surface area contributed by atoms with Crippen LogP contribution in [0.15, 0.2) is 76.8 Å². The third-order valence-electron chi connectivity index (χ3n) is 4.50. The summed E-state index contributed by atoms with van der Waals surface area (Å²) in [5.74, 6) is -0.0689. The van der Waals surface area contributed by atoms with Crippen molar-refractivity contribution in [1.82, 2.24) is 5.32 Å². The number of ether oxygens (including phenoxy) is 1. The highest BCUT2D eigenvalue weighted by Crippen LogP contribution is 2.35. The number of carbonyl (C=O) groups excluding carboxylic acids is 1. The Labute approximate surface area is 199 Å². The van der Waals surface area contributed by atoms with Crippen molar-refractivity contribution in [1.29, 1.82) is 10.5 Å². The van der Waals surface area contributed by atoms with Crippen molar-refractivity contribution in [3.63, 3.8) is 0 Å². The van der Waals surface area contributed by atoms with Gasteiger partial charge in [-0.05, 0) is 51.3 Å². The molecule has 3 rings (SSSR count). The number of hydrogen-bond acceptors (Lipinski definition) is 4. The Kier molecular flexibility index (Phi) is 8.05. The lowest BCUT2D eigenvalue weighted by atomic mass is 10.1. The summed E-state index contributed by atoms with van der Waals surface area (Å²) in [5, 5.41) is 21.7. The highest BCUT2D eigenvalue weighted by atomic mass is 79.9. The Balaban J connectivity index is 1.74. The molecule has 0 atom stereocenters. The van der Waals surface area contributed by atoms with E-state index < -0.39 is 5.91 Å². The van der Waals surface area contributed by atoms with Crippen LogP contribution in [0.3, 0.4) is 0 Å². The fraction of sp³-hybridized carbons (Fsp3) is 0.0800. The molecule has 0 aliphatic heterocycles. The number of nitriles is 2. The maximum atomic E-state index is 12.4. The van der Waals surface area contributed by atoms with Gasteiger partial charge in [-0.1, -0.05) is 60.1 Å². The van der Waals surface area contributed by atoms with Crippen LogP contribution in [-0.2, 0) is 17.9 Å². The smallest absolute Gasteiger partial charge is 0.262 e. The number of benzene rings is 3. The number of amides is 1. The molecule has 32 heavy (non-hydrogen) atoms. The van der Waals surface area contributed by atoms with E-state index in [9.17, 15) is 15.3 Å². The molecule has 0 unspecified atom stereocenters. The lowest BCUT2D eigenvalue weighted by Crippen LogP contribution is -2.23. The lowest BCUT2D eigenvalue weighted by molar-refractivity contribution is -0.117. The van der Waals surface area contributed by atoms with Crippen LogP contribution in [0.4, 0.5) is 0 Å². The zero-order valence-corrected chi connectivity index (χ0v) is 19.2. The molecule has 3 aromatic carbocycles. The summed E-state index contributed by atoms with van der Waals surface area (Å²) < 4.78 is 6.39. The van der Waals surface area contributed by atoms with Crippen LogP contribution in [0, 0.1) is 22.7 Å². The summed E-state index contributed by atoms with van der Waals surface area (Å²) in [4.78, 5) is 12.4. The molecule has 0 saturated carbocycles. The van der Waals surface area contributed by atoms with E-state index in [1.807, 2.05) is 48.5 Å². The van der Waals surface area contributed by atoms with Gasteiger partial charge in [0, 0.05) is 12.1 Å². The number of nitrogens with zero attached hydrogens (tertiary/aromatic N) is 2. The first-order chi connectivity index (χ1) is 15.5. The molecule has 0 heterocycles. The molecule has 0 radical (unpaired) electrons. The standard InChI is InChI=1S/C25H17BrClN3O2/c26-22-11-18(10-21(14-29)25(31)30-15-17-6-2-1-3-7-17)12-23(27)24(22)32-16-20-9-5-4-8-19(20)13-28/h1-12H,15-16H2,(H,30,31)/b21-10-. The van der Waals surface area contributed by atoms with Gasteiger partial charge in [0.15, 0.2) is 5.75 Å². The van der Waals surface area contributed by atoms with Crippen LogP contribution in [0.2, 0.25) is 5.02 Å². The summed E-state index contributed by atoms with van der Waals surface area (Å²) in [6.07, 6.45) is 1.46. The summed E-state index contributed by atoms with van der Waals surface area (Å²) >= 11 is 9.82. The van der Waals surface area contributed by atoms with E-state index in [1.54, 1.807) is 24.3 Å². The van der Waals surface area contributed by atoms with Gasteiger partial charge in [-0.2, -0.15) is 10.5 Å². The van der Waals surface area contributed by atoms with Crippen molar-refractivity contribution in [2.75, 3.05) is 0 Å². The number of nitrogens with one attached hydrogen (secondary N) is 1. The zero-order chi connectivity index (χ0) is 22.9. The second kappa shape index (κ2) is 11.2. The summed E-state index contributed by atoms with van der Waals surface area (Å²) in [6, 6.07) is 23.9. The number of rotatable bonds is 7. The number of hydrogen-bond donors (Lipinski definition) is 1. The summed E-state index contributed by atoms with van der Waals surface area (Å²) in [5.41, 5.74) is 2.73. The van der Waals surface area contributed by atoms with Gasteiger partial charge in [-0.25, -0.2) is 0 Å². The largest absolute Gasteiger partial charge is 0.486 e. The Hall–Kier alpha value is -3.58. The fourth-order valence-electron chi connectivity index (χ4n) is 2.89. The molecule has 0 saturated heterocycles. The lowest BCUT2D eigenvalue weighted by Gasteiger charge is -2.12. The molecule has 0 aromatic heterocycles. The van der Waals surface area contributed by atoms with Gasteiger partial charge >= 0.3 is 0 Å². The van der Waals surface area contributed by atoms with Crippen LogP contribution < -0.4 is 10.1 Å². The normalized spacial score (nSPS) is 10.7. The Morgan fingerprint density at radius 2 is 1.81 bits per heavy atom. The first kappa shape index (κ1) is 23.1. The van der Waals surface area contributed by atoms with Crippen LogP contribution in [-0.4, -0.2) is 5.91 Å². The van der Waals surface area contributed by atoms with Crippen molar-refractivity contribution in [3.8, 4) is 17.9 Å². The molecule has 1 N–H and O–H groups in total. The van der Waals surface area contributed by atoms with Crippen molar-refractivity contribution in [2.45, 2.75) is 13.2 Å². The molecule has 3 aromatic rings. The monoisotopic (exact) mass is 505 g/mol. The Bertz CT molecular complexity index is 1220. The molecule has 158 valence electrons. The SMILES string of the molecule is N#C/C(=C/c1cc(Cl)c(OCc2ccccc2C#N)c(Br)c1)C(=O)NCc1ccccc1. The molecule has 1 amide bonds. The van der Waals surface area contributed by atoms with Crippen molar-refractivity contribution in [2.24, 2.45) is 0 Å². The maximum absolute atomic E-state index is 12.4. The van der Waals surface area contributed by atoms with Gasteiger partial charge in [0.1, 0.15) is 18.2 Å². The summed E-state index contributed by atoms with van der Waals surface area (Å²) in [7, 11) is 0. The van der Waals surface area contributed by atoms with Crippen LogP contribution in [0.5, 0.6) is 5.75 Å². The van der Waals surface area contributed by atoms with Gasteiger partial charge in [0.2, 0.25) is 0 Å². The highest BCUT2D eigenvalue weighted by molar-refractivity contribution is 9.10. The average molecular weight is 507 g/mol. The van der Waals surface area contributed by atoms with Crippen molar-refractivity contribution < 1.29 is 9.53 Å². The van der Waals surface area contributed by atoms with E-state index in [2.05, 4.69) is 27.3 Å². The quantitative estimate of drug-likeness (QED) is 0.325. The van der Waals surface area contributed by atoms with E-state index in [0.717, 1.165) is 11.1 Å². The van der Waals surface area contributed by atoms with E-state index in [1.165, 1.54) is 6.08 Å². The molecule has 0 bridgehead atoms. The highest BCUT2D eigenvalue weighted by Gasteiger charge is 2.13. The van der Waals surface area contributed by atoms with Crippen LogP contribution >= 0.6 is 27.5 Å². The molecule has 0 spiro atoms. The third-order valence-corrected chi connectivity index (χ3v) is 5.37. The topological polar surface area (TPSA) is 85.9 Å². The van der Waals surface area contributed by atoms with Gasteiger partial charge in [-0.3, -0.25) is 4.79 Å². The third kappa shape index (κ3) is 5.98. The first-order valence-corrected chi connectivity index (χ1v) is 10.7. The number of halogens is 2. The Morgan fingerprint density at radius 3 is 2.50 bits per heavy atom. The predicted molar refractivity (Wildman–Crippen MR) is 127 cm³/mol. The minimum Gasteiger partial charge on any atom is -0.486 e. The van der Waals surface area contributed by atoms with Crippen molar-refractivity contribution >= 4 is 39.5 Å². The summed E-state index contributed by atoms with van der Waals surface area (Å²) in [6.45, 7) is 0.489. The number of carbonyl (C=O) groups is 1. The molecule has 0 aliphatic carbocycles. The Morgan fingerprint density at radius 1 is 1.09 bits per heavy atom. The van der Waals surface area contributed by atoms with E-state index in [0.29, 0.717) is 32.9 Å². The zero-order valence-electron chi connectivity index (χ0n) is 16.8. The minimum atomic E-state index is -0.475. The van der Waals surface area contributed by atoms with E-state index >= 15 is 0 Å². The van der Waals surface area contributed by atoms with Crippen LogP contribution in [0.1, 0.15) is 22.3 Å². The van der Waals surface area contributed by atoms with E-state index in [4.69, 9.17) is 16.3 Å². The van der Waals surface area contributed by atoms with Gasteiger partial charge in [0.05, 0.1) is 21.1 Å². The molecular formula is C25H17BrClN3O2. The second-order valence-electron chi connectivity index (χ2n) is 6.71. The van der Waals surface area contributed by atoms with Gasteiger partial charge < -0.3 is 10.1 Å². The average Bonchev–Trinajstić information content (AvgIpc) is 2.81. The minimum absolute atomic E-state index is 0.0412. The van der Waals surface area contributed by atoms with Crippen LogP contribution in [0.25, 0.3) is 6.08 Å². The van der Waals surface area contributed by atoms with Gasteiger partial charge in [-0.15, -0.1) is 0 Å². The van der Waals surface area contributed by atoms with Gasteiger partial charge in [0.25, 0.3) is 5.91 Å². The molecule has 0 fully saturated rings. The maximum Gasteiger partial charge on any atom is 0.262 e. The predicted octanol–water partition coefficient (Wildman–Crippen LogP) is 5.78. The molecule has 5 nitrogen and oxygen atoms in total. The molecule has 7 heteroatoms. The first-order valence-electron chi connectivity index (χ1n) is 9.55. The molecule has 0 aliphatic rings. The molecular weight excluding hydrogens is 490 g/mol. The van der Waals surface area contributed by atoms with E-state index in [-0.39, 0.29) is 12.2 Å². The van der Waals surface area contributed by atoms with Crippen molar-refractivity contribution in [3.05, 3.63) is 104 Å². The second-order valence-corrected chi connectivity index (χ2v) is 7.97.